The van der Waals surface area contributed by atoms with Crippen LogP contribution in [0.4, 0.5) is 5.69 Å². The molecule has 1 aromatic carbocycles. The Hall–Kier alpha value is -1.51. The smallest absolute Gasteiger partial charge is 0.309 e. The van der Waals surface area contributed by atoms with E-state index in [0.29, 0.717) is 0 Å². The minimum absolute atomic E-state index is 0.419. The molecule has 0 heterocycles. The minimum atomic E-state index is -0.629. The zero-order valence-corrected chi connectivity index (χ0v) is 10.4. The van der Waals surface area contributed by atoms with Gasteiger partial charge in [-0.05, 0) is 43.9 Å². The fourth-order valence-electron chi connectivity index (χ4n) is 2.10. The number of hydrogen-bond acceptors (Lipinski definition) is 2. The van der Waals surface area contributed by atoms with Crippen LogP contribution in [-0.2, 0) is 4.79 Å². The highest BCUT2D eigenvalue weighted by Crippen LogP contribution is 2.49. The van der Waals surface area contributed by atoms with Gasteiger partial charge in [0.15, 0.2) is 0 Å². The molecule has 1 N–H and O–H groups in total. The summed E-state index contributed by atoms with van der Waals surface area (Å²) in [7, 11) is 2.02. The summed E-state index contributed by atoms with van der Waals surface area (Å²) < 4.78 is 0. The molecule has 1 aliphatic carbocycles. The van der Waals surface area contributed by atoms with Gasteiger partial charge in [0, 0.05) is 19.3 Å². The van der Waals surface area contributed by atoms with Gasteiger partial charge in [-0.25, -0.2) is 0 Å². The van der Waals surface area contributed by atoms with E-state index in [0.717, 1.165) is 31.5 Å². The first kappa shape index (κ1) is 12.0. The highest BCUT2D eigenvalue weighted by Gasteiger charge is 2.49. The summed E-state index contributed by atoms with van der Waals surface area (Å²) in [5.41, 5.74) is 1.97. The third-order valence-electron chi connectivity index (χ3n) is 3.68. The zero-order valence-electron chi connectivity index (χ0n) is 10.4. The molecule has 1 fully saturated rings. The molecule has 92 valence electrons. The van der Waals surface area contributed by atoms with Crippen LogP contribution in [0.15, 0.2) is 24.3 Å². The maximum Gasteiger partial charge on any atom is 0.309 e. The Morgan fingerprint density at radius 2 is 2.18 bits per heavy atom. The van der Waals surface area contributed by atoms with E-state index < -0.39 is 11.4 Å². The molecular weight excluding hydrogens is 214 g/mol. The van der Waals surface area contributed by atoms with Crippen LogP contribution in [0.1, 0.15) is 24.8 Å². The molecule has 0 spiro atoms. The average molecular weight is 233 g/mol. The van der Waals surface area contributed by atoms with Crippen LogP contribution in [0.25, 0.3) is 0 Å². The van der Waals surface area contributed by atoms with Gasteiger partial charge in [0.05, 0.1) is 5.41 Å². The van der Waals surface area contributed by atoms with E-state index in [9.17, 15) is 4.79 Å². The van der Waals surface area contributed by atoms with Crippen molar-refractivity contribution in [1.29, 1.82) is 0 Å². The number of aryl methyl sites for hydroxylation is 1. The van der Waals surface area contributed by atoms with Gasteiger partial charge >= 0.3 is 5.97 Å². The zero-order chi connectivity index (χ0) is 12.5. The lowest BCUT2D eigenvalue weighted by atomic mass is 10.0. The second-order valence-corrected chi connectivity index (χ2v) is 5.10. The molecule has 0 atom stereocenters. The molecule has 0 bridgehead atoms. The van der Waals surface area contributed by atoms with Gasteiger partial charge < -0.3 is 10.0 Å². The highest BCUT2D eigenvalue weighted by atomic mass is 16.4. The van der Waals surface area contributed by atoms with Crippen molar-refractivity contribution in [1.82, 2.24) is 0 Å². The first-order valence-electron chi connectivity index (χ1n) is 6.05. The second kappa shape index (κ2) is 4.40. The van der Waals surface area contributed by atoms with Gasteiger partial charge in [0.1, 0.15) is 0 Å². The Morgan fingerprint density at radius 1 is 1.47 bits per heavy atom. The molecule has 1 saturated carbocycles. The van der Waals surface area contributed by atoms with Gasteiger partial charge in [-0.3, -0.25) is 4.79 Å². The third-order valence-corrected chi connectivity index (χ3v) is 3.68. The number of hydrogen-bond donors (Lipinski definition) is 1. The highest BCUT2D eigenvalue weighted by molar-refractivity contribution is 5.77. The van der Waals surface area contributed by atoms with Crippen molar-refractivity contribution in [2.75, 3.05) is 18.5 Å². The molecule has 1 aliphatic rings. The lowest BCUT2D eigenvalue weighted by molar-refractivity contribution is -0.143. The van der Waals surface area contributed by atoms with Crippen molar-refractivity contribution >= 4 is 11.7 Å². The molecule has 1 aromatic rings. The Labute approximate surface area is 102 Å². The molecule has 17 heavy (non-hydrogen) atoms. The van der Waals surface area contributed by atoms with Crippen molar-refractivity contribution in [2.45, 2.75) is 26.2 Å². The fraction of sp³-hybridized carbons (Fsp3) is 0.500. The molecule has 0 aliphatic heterocycles. The fourth-order valence-corrected chi connectivity index (χ4v) is 2.10. The summed E-state index contributed by atoms with van der Waals surface area (Å²) in [5, 5.41) is 9.11. The molecule has 0 saturated heterocycles. The van der Waals surface area contributed by atoms with Gasteiger partial charge in [-0.1, -0.05) is 12.1 Å². The summed E-state index contributed by atoms with van der Waals surface area (Å²) in [6.07, 6.45) is 2.42. The number of carboxylic acids is 1. The van der Waals surface area contributed by atoms with E-state index in [1.165, 1.54) is 5.56 Å². The van der Waals surface area contributed by atoms with E-state index in [-0.39, 0.29) is 0 Å². The predicted molar refractivity (Wildman–Crippen MR) is 68.4 cm³/mol. The monoisotopic (exact) mass is 233 g/mol. The SMILES string of the molecule is Cc1cccc(N(C)CCC2(C(=O)O)CC2)c1. The summed E-state index contributed by atoms with van der Waals surface area (Å²) >= 11 is 0. The Bertz CT molecular complexity index is 424. The van der Waals surface area contributed by atoms with Crippen LogP contribution in [0, 0.1) is 12.3 Å². The van der Waals surface area contributed by atoms with Crippen LogP contribution in [0.2, 0.25) is 0 Å². The van der Waals surface area contributed by atoms with Gasteiger partial charge in [-0.15, -0.1) is 0 Å². The number of benzene rings is 1. The number of carbonyl (C=O) groups is 1. The third kappa shape index (κ3) is 2.60. The van der Waals surface area contributed by atoms with E-state index in [4.69, 9.17) is 5.11 Å². The van der Waals surface area contributed by atoms with Crippen molar-refractivity contribution in [3.05, 3.63) is 29.8 Å². The maximum absolute atomic E-state index is 11.1. The molecule has 0 unspecified atom stereocenters. The van der Waals surface area contributed by atoms with Crippen LogP contribution in [0.3, 0.4) is 0 Å². The maximum atomic E-state index is 11.1. The van der Waals surface area contributed by atoms with E-state index in [1.807, 2.05) is 13.1 Å². The van der Waals surface area contributed by atoms with Crippen LogP contribution in [-0.4, -0.2) is 24.7 Å². The van der Waals surface area contributed by atoms with Crippen molar-refractivity contribution in [3.63, 3.8) is 0 Å². The first-order valence-corrected chi connectivity index (χ1v) is 6.05. The van der Waals surface area contributed by atoms with E-state index in [2.05, 4.69) is 30.0 Å². The van der Waals surface area contributed by atoms with Gasteiger partial charge in [-0.2, -0.15) is 0 Å². The molecule has 0 amide bonds. The lowest BCUT2D eigenvalue weighted by Crippen LogP contribution is -2.25. The van der Waals surface area contributed by atoms with Crippen molar-refractivity contribution < 1.29 is 9.90 Å². The number of nitrogens with zero attached hydrogens (tertiary/aromatic N) is 1. The number of rotatable bonds is 5. The number of carboxylic acid groups (broad SMARTS) is 1. The van der Waals surface area contributed by atoms with Crippen LogP contribution < -0.4 is 4.90 Å². The first-order chi connectivity index (χ1) is 8.03. The Kier molecular flexibility index (Phi) is 3.09. The lowest BCUT2D eigenvalue weighted by Gasteiger charge is -2.21. The van der Waals surface area contributed by atoms with Crippen molar-refractivity contribution in [3.8, 4) is 0 Å². The van der Waals surface area contributed by atoms with Gasteiger partial charge in [0.2, 0.25) is 0 Å². The summed E-state index contributed by atoms with van der Waals surface area (Å²) in [6, 6.07) is 8.29. The molecule has 2 rings (SSSR count). The molecule has 0 aromatic heterocycles. The van der Waals surface area contributed by atoms with Gasteiger partial charge in [0.25, 0.3) is 0 Å². The Balaban J connectivity index is 1.94. The van der Waals surface area contributed by atoms with Crippen LogP contribution >= 0.6 is 0 Å². The van der Waals surface area contributed by atoms with Crippen molar-refractivity contribution in [2.24, 2.45) is 5.41 Å². The summed E-state index contributed by atoms with van der Waals surface area (Å²) in [4.78, 5) is 13.2. The largest absolute Gasteiger partial charge is 0.481 e. The Morgan fingerprint density at radius 3 is 2.71 bits per heavy atom. The van der Waals surface area contributed by atoms with Crippen LogP contribution in [0.5, 0.6) is 0 Å². The van der Waals surface area contributed by atoms with E-state index in [1.54, 1.807) is 0 Å². The second-order valence-electron chi connectivity index (χ2n) is 5.10. The molecule has 3 nitrogen and oxygen atoms in total. The summed E-state index contributed by atoms with van der Waals surface area (Å²) in [5.74, 6) is -0.629. The minimum Gasteiger partial charge on any atom is -0.481 e. The topological polar surface area (TPSA) is 40.5 Å². The standard InChI is InChI=1S/C14H19NO2/c1-11-4-3-5-12(10-11)15(2)9-8-14(6-7-14)13(16)17/h3-5,10H,6-9H2,1-2H3,(H,16,17). The molecule has 3 heteroatoms. The number of anilines is 1. The quantitative estimate of drug-likeness (QED) is 0.850. The molecule has 0 radical (unpaired) electrons. The molecular formula is C14H19NO2. The average Bonchev–Trinajstić information content (AvgIpc) is 3.07. The normalized spacial score (nSPS) is 16.6. The predicted octanol–water partition coefficient (Wildman–Crippen LogP) is 2.69. The summed E-state index contributed by atoms with van der Waals surface area (Å²) in [6.45, 7) is 2.87. The van der Waals surface area contributed by atoms with E-state index >= 15 is 0 Å². The number of aliphatic carboxylic acids is 1.